The van der Waals surface area contributed by atoms with Crippen LogP contribution in [-0.2, 0) is 0 Å². The van der Waals surface area contributed by atoms with Gasteiger partial charge in [0.05, 0.1) is 0 Å². The van der Waals surface area contributed by atoms with Gasteiger partial charge < -0.3 is 0 Å². The highest BCUT2D eigenvalue weighted by Gasteiger charge is 2.38. The molecule has 0 aromatic carbocycles. The molecule has 0 radical (unpaired) electrons. The number of hydrogen-bond acceptors (Lipinski definition) is 0. The molecule has 0 spiro atoms. The molecule has 1 rings (SSSR count). The van der Waals surface area contributed by atoms with Gasteiger partial charge in [-0.3, -0.25) is 0 Å². The molecule has 10 heavy (non-hydrogen) atoms. The van der Waals surface area contributed by atoms with Gasteiger partial charge in [0.25, 0.3) is 12.6 Å². The highest BCUT2D eigenvalue weighted by Crippen LogP contribution is 2.33. The number of nitrogens with zero attached hydrogens (tertiary/aromatic N) is 1. The Morgan fingerprint density at radius 1 is 1.30 bits per heavy atom. The zero-order valence-electron chi connectivity index (χ0n) is 5.69. The molecule has 0 atom stereocenters. The third kappa shape index (κ3) is 1.66. The third-order valence-corrected chi connectivity index (χ3v) is 1.90. The van der Waals surface area contributed by atoms with Gasteiger partial charge >= 0.3 is 0 Å². The fraction of sp³-hybridized carbons (Fsp3) is 0.857. The van der Waals surface area contributed by atoms with Crippen molar-refractivity contribution in [3.8, 4) is 6.57 Å². The first-order chi connectivity index (χ1) is 4.64. The largest absolute Gasteiger partial charge is 0.272 e. The van der Waals surface area contributed by atoms with E-state index >= 15 is 0 Å². The lowest BCUT2D eigenvalue weighted by Crippen LogP contribution is -2.25. The average Bonchev–Trinajstić information content (AvgIpc) is 1.88. The molecule has 0 heterocycles. The lowest BCUT2D eigenvalue weighted by atomic mass is 9.93. The molecular formula is C7H10F2N+. The van der Waals surface area contributed by atoms with Crippen LogP contribution in [0.5, 0.6) is 0 Å². The maximum absolute atomic E-state index is 12.4. The van der Waals surface area contributed by atoms with E-state index in [1.807, 2.05) is 0 Å². The van der Waals surface area contributed by atoms with Crippen LogP contribution in [0.1, 0.15) is 25.7 Å². The van der Waals surface area contributed by atoms with Crippen molar-refractivity contribution in [1.82, 2.24) is 0 Å². The van der Waals surface area contributed by atoms with Crippen molar-refractivity contribution < 1.29 is 8.78 Å². The Kier molecular flexibility index (Phi) is 1.89. The van der Waals surface area contributed by atoms with E-state index in [0.29, 0.717) is 12.8 Å². The molecule has 1 nitrogen and oxygen atoms in total. The summed E-state index contributed by atoms with van der Waals surface area (Å²) in [4.78, 5) is 3.48. The van der Waals surface area contributed by atoms with Crippen molar-refractivity contribution in [3.63, 3.8) is 0 Å². The van der Waals surface area contributed by atoms with Crippen LogP contribution in [0.25, 0.3) is 4.85 Å². The van der Waals surface area contributed by atoms with Gasteiger partial charge in [0, 0.05) is 25.7 Å². The van der Waals surface area contributed by atoms with Gasteiger partial charge in [0.1, 0.15) is 0 Å². The molecule has 0 aromatic heterocycles. The number of alkyl halides is 2. The van der Waals surface area contributed by atoms with E-state index in [-0.39, 0.29) is 18.9 Å². The summed E-state index contributed by atoms with van der Waals surface area (Å²) in [6, 6.07) is -0.0281. The second-order valence-corrected chi connectivity index (χ2v) is 2.74. The SMILES string of the molecule is C#[N+]C1CCC(F)(F)CC1. The number of hydrogen-bond donors (Lipinski definition) is 0. The summed E-state index contributed by atoms with van der Waals surface area (Å²) >= 11 is 0. The van der Waals surface area contributed by atoms with Crippen LogP contribution in [0.2, 0.25) is 0 Å². The van der Waals surface area contributed by atoms with Crippen molar-refractivity contribution >= 4 is 0 Å². The fourth-order valence-electron chi connectivity index (χ4n) is 1.17. The maximum atomic E-state index is 12.4. The number of halogens is 2. The van der Waals surface area contributed by atoms with Crippen LogP contribution in [0.3, 0.4) is 0 Å². The third-order valence-electron chi connectivity index (χ3n) is 1.90. The summed E-state index contributed by atoms with van der Waals surface area (Å²) in [5, 5.41) is 0. The Morgan fingerprint density at radius 3 is 2.20 bits per heavy atom. The lowest BCUT2D eigenvalue weighted by Gasteiger charge is -2.20. The first-order valence-electron chi connectivity index (χ1n) is 3.42. The van der Waals surface area contributed by atoms with E-state index in [1.165, 1.54) is 0 Å². The van der Waals surface area contributed by atoms with Crippen LogP contribution in [0, 0.1) is 6.57 Å². The molecule has 0 aliphatic heterocycles. The van der Waals surface area contributed by atoms with Crippen LogP contribution >= 0.6 is 0 Å². The fourth-order valence-corrected chi connectivity index (χ4v) is 1.17. The molecule has 0 saturated heterocycles. The van der Waals surface area contributed by atoms with E-state index in [1.54, 1.807) is 0 Å². The van der Waals surface area contributed by atoms with Gasteiger partial charge in [0.2, 0.25) is 5.92 Å². The molecule has 1 aliphatic rings. The summed E-state index contributed by atoms with van der Waals surface area (Å²) in [7, 11) is 0. The predicted molar refractivity (Wildman–Crippen MR) is 35.5 cm³/mol. The Labute approximate surface area is 58.9 Å². The first-order valence-corrected chi connectivity index (χ1v) is 3.42. The van der Waals surface area contributed by atoms with E-state index in [4.69, 9.17) is 6.57 Å². The molecule has 56 valence electrons. The Bertz CT molecular complexity index is 149. The normalized spacial score (nSPS) is 25.7. The molecule has 0 aromatic rings. The van der Waals surface area contributed by atoms with Crippen molar-refractivity contribution in [2.24, 2.45) is 0 Å². The average molecular weight is 146 g/mol. The van der Waals surface area contributed by atoms with Crippen molar-refractivity contribution in [1.29, 1.82) is 0 Å². The molecule has 3 heteroatoms. The smallest absolute Gasteiger partial charge is 0.207 e. The van der Waals surface area contributed by atoms with E-state index in [2.05, 4.69) is 4.85 Å². The van der Waals surface area contributed by atoms with Crippen molar-refractivity contribution in [3.05, 3.63) is 4.85 Å². The molecule has 0 amide bonds. The monoisotopic (exact) mass is 146 g/mol. The topological polar surface area (TPSA) is 4.36 Å². The molecule has 1 saturated carbocycles. The van der Waals surface area contributed by atoms with Crippen LogP contribution < -0.4 is 0 Å². The van der Waals surface area contributed by atoms with E-state index < -0.39 is 5.92 Å². The van der Waals surface area contributed by atoms with Crippen LogP contribution in [-0.4, -0.2) is 12.0 Å². The van der Waals surface area contributed by atoms with Gasteiger partial charge in [-0.25, -0.2) is 8.78 Å². The summed E-state index contributed by atoms with van der Waals surface area (Å²) < 4.78 is 24.9. The second kappa shape index (κ2) is 2.53. The molecule has 1 fully saturated rings. The molecule has 0 N–H and O–H groups in total. The summed E-state index contributed by atoms with van der Waals surface area (Å²) in [5.41, 5.74) is 0. The maximum Gasteiger partial charge on any atom is 0.272 e. The minimum absolute atomic E-state index is 0.0281. The van der Waals surface area contributed by atoms with Gasteiger partial charge in [-0.1, -0.05) is 4.85 Å². The summed E-state index contributed by atoms with van der Waals surface area (Å²) in [6.07, 6.45) is 0.754. The Balaban J connectivity index is 2.40. The standard InChI is InChI=1S/C7H10F2N/c1-10-6-2-4-7(8,9)5-3-6/h1,6H,2-5H2/q+1. The van der Waals surface area contributed by atoms with E-state index in [0.717, 1.165) is 0 Å². The second-order valence-electron chi connectivity index (χ2n) is 2.74. The zero-order valence-corrected chi connectivity index (χ0v) is 5.69. The minimum Gasteiger partial charge on any atom is -0.207 e. The summed E-state index contributed by atoms with van der Waals surface area (Å²) in [5.74, 6) is -2.46. The Hall–Kier alpha value is -0.650. The zero-order chi connectivity index (χ0) is 7.61. The molecular weight excluding hydrogens is 136 g/mol. The van der Waals surface area contributed by atoms with Crippen molar-refractivity contribution in [2.45, 2.75) is 37.6 Å². The lowest BCUT2D eigenvalue weighted by molar-refractivity contribution is -0.0350. The highest BCUT2D eigenvalue weighted by atomic mass is 19.3. The van der Waals surface area contributed by atoms with E-state index in [9.17, 15) is 8.78 Å². The van der Waals surface area contributed by atoms with Crippen LogP contribution in [0.15, 0.2) is 0 Å². The van der Waals surface area contributed by atoms with Gasteiger partial charge in [-0.15, -0.1) is 0 Å². The van der Waals surface area contributed by atoms with Crippen molar-refractivity contribution in [2.75, 3.05) is 0 Å². The highest BCUT2D eigenvalue weighted by molar-refractivity contribution is 4.89. The Morgan fingerprint density at radius 2 is 1.80 bits per heavy atom. The molecule has 0 bridgehead atoms. The quantitative estimate of drug-likeness (QED) is 0.494. The minimum atomic E-state index is -2.46. The van der Waals surface area contributed by atoms with Crippen LogP contribution in [0.4, 0.5) is 8.78 Å². The van der Waals surface area contributed by atoms with Gasteiger partial charge in [-0.2, -0.15) is 0 Å². The van der Waals surface area contributed by atoms with Gasteiger partial charge in [0.15, 0.2) is 0 Å². The molecule has 0 unspecified atom stereocenters. The summed E-state index contributed by atoms with van der Waals surface area (Å²) in [6.45, 7) is 4.97. The first kappa shape index (κ1) is 7.46. The predicted octanol–water partition coefficient (Wildman–Crippen LogP) is 2.53. The van der Waals surface area contributed by atoms with Gasteiger partial charge in [-0.05, 0) is 0 Å². The molecule has 1 aliphatic carbocycles. The number of rotatable bonds is 0.